The van der Waals surface area contributed by atoms with Crippen LogP contribution in [0.15, 0.2) is 48.8 Å². The Morgan fingerprint density at radius 1 is 1.06 bits per heavy atom. The van der Waals surface area contributed by atoms with E-state index in [1.807, 2.05) is 58.8 Å². The summed E-state index contributed by atoms with van der Waals surface area (Å²) in [4.78, 5) is 11.7. The summed E-state index contributed by atoms with van der Waals surface area (Å²) < 4.78 is 9.14. The van der Waals surface area contributed by atoms with Crippen molar-refractivity contribution in [2.45, 2.75) is 13.3 Å². The summed E-state index contributed by atoms with van der Waals surface area (Å²) in [5.41, 5.74) is 1.61. The van der Waals surface area contributed by atoms with E-state index in [9.17, 15) is 4.79 Å². The molecule has 0 radical (unpaired) electrons. The van der Waals surface area contributed by atoms with Crippen molar-refractivity contribution in [1.82, 2.24) is 0 Å². The molecule has 0 bridgehead atoms. The summed E-state index contributed by atoms with van der Waals surface area (Å²) in [6.45, 7) is 1.98. The highest BCUT2D eigenvalue weighted by Gasteiger charge is 2.45. The highest BCUT2D eigenvalue weighted by atomic mass is 16.6. The topological polar surface area (TPSA) is 34.1 Å². The van der Waals surface area contributed by atoms with Gasteiger partial charge in [0.1, 0.15) is 0 Å². The van der Waals surface area contributed by atoms with Crippen molar-refractivity contribution in [3.05, 3.63) is 60.2 Å². The van der Waals surface area contributed by atoms with Crippen molar-refractivity contribution in [2.24, 2.45) is 0 Å². The lowest BCUT2D eigenvalue weighted by Gasteiger charge is -2.01. The number of hydrogen-bond acceptors (Lipinski definition) is 2. The van der Waals surface area contributed by atoms with Crippen molar-refractivity contribution in [3.63, 3.8) is 0 Å². The number of fused-ring (bicyclic) bond motifs is 1. The zero-order valence-electron chi connectivity index (χ0n) is 9.41. The first kappa shape index (κ1) is 9.96. The van der Waals surface area contributed by atoms with Gasteiger partial charge in [0, 0.05) is 31.2 Å². The van der Waals surface area contributed by atoms with E-state index < -0.39 is 6.35 Å². The molecule has 4 nitrogen and oxygen atoms in total. The van der Waals surface area contributed by atoms with Gasteiger partial charge < -0.3 is 4.74 Å². The first-order valence-electron chi connectivity index (χ1n) is 5.45. The Hall–Kier alpha value is -2.23. The van der Waals surface area contributed by atoms with Crippen LogP contribution < -0.4 is 9.13 Å². The molecule has 0 saturated heterocycles. The minimum absolute atomic E-state index is 0.286. The molecule has 2 aromatic rings. The Labute approximate surface area is 98.7 Å². The van der Waals surface area contributed by atoms with Crippen LogP contribution in [-0.2, 0) is 4.74 Å². The van der Waals surface area contributed by atoms with Crippen LogP contribution in [-0.4, -0.2) is 5.97 Å². The van der Waals surface area contributed by atoms with Gasteiger partial charge in [-0.05, 0) is 6.07 Å². The van der Waals surface area contributed by atoms with Crippen LogP contribution >= 0.6 is 0 Å². The SMILES string of the molecule is Cc1cccc[n+]1C1OC(=O)c2cccc[n+]21. The van der Waals surface area contributed by atoms with Gasteiger partial charge in [0.2, 0.25) is 0 Å². The van der Waals surface area contributed by atoms with E-state index >= 15 is 0 Å². The van der Waals surface area contributed by atoms with Crippen LogP contribution in [0.5, 0.6) is 0 Å². The van der Waals surface area contributed by atoms with E-state index in [1.165, 1.54) is 0 Å². The van der Waals surface area contributed by atoms with Gasteiger partial charge >= 0.3 is 12.3 Å². The summed E-state index contributed by atoms with van der Waals surface area (Å²) >= 11 is 0. The summed E-state index contributed by atoms with van der Waals surface area (Å²) in [6, 6.07) is 11.3. The van der Waals surface area contributed by atoms with Crippen LogP contribution in [0.4, 0.5) is 0 Å². The molecule has 1 unspecified atom stereocenters. The zero-order valence-corrected chi connectivity index (χ0v) is 9.41. The quantitative estimate of drug-likeness (QED) is 0.533. The number of nitrogens with zero attached hydrogens (tertiary/aromatic N) is 2. The van der Waals surface area contributed by atoms with E-state index in [0.29, 0.717) is 5.69 Å². The molecular weight excluding hydrogens is 216 g/mol. The molecule has 3 rings (SSSR count). The molecule has 17 heavy (non-hydrogen) atoms. The second kappa shape index (κ2) is 3.66. The third-order valence-electron chi connectivity index (χ3n) is 2.89. The van der Waals surface area contributed by atoms with Gasteiger partial charge in [0.05, 0.1) is 0 Å². The summed E-state index contributed by atoms with van der Waals surface area (Å²) in [6.07, 6.45) is 3.34. The van der Waals surface area contributed by atoms with Gasteiger partial charge in [-0.25, -0.2) is 4.79 Å². The van der Waals surface area contributed by atoms with E-state index in [-0.39, 0.29) is 5.97 Å². The molecule has 0 amide bonds. The average molecular weight is 228 g/mol. The Balaban J connectivity index is 2.14. The molecule has 3 heterocycles. The maximum Gasteiger partial charge on any atom is 0.519 e. The molecule has 1 aliphatic heterocycles. The maximum atomic E-state index is 11.7. The zero-order chi connectivity index (χ0) is 11.8. The van der Waals surface area contributed by atoms with Crippen LogP contribution in [0.3, 0.4) is 0 Å². The van der Waals surface area contributed by atoms with Gasteiger partial charge in [-0.2, -0.15) is 0 Å². The lowest BCUT2D eigenvalue weighted by Crippen LogP contribution is -2.57. The Bertz CT molecular complexity index is 595. The minimum Gasteiger partial charge on any atom is -0.337 e. The van der Waals surface area contributed by atoms with Crippen LogP contribution in [0, 0.1) is 6.92 Å². The fraction of sp³-hybridized carbons (Fsp3) is 0.154. The highest BCUT2D eigenvalue weighted by Crippen LogP contribution is 2.11. The van der Waals surface area contributed by atoms with E-state index in [0.717, 1.165) is 5.69 Å². The van der Waals surface area contributed by atoms with Crippen molar-refractivity contribution in [3.8, 4) is 0 Å². The monoisotopic (exact) mass is 228 g/mol. The summed E-state index contributed by atoms with van der Waals surface area (Å²) in [5.74, 6) is -0.286. The molecule has 0 saturated carbocycles. The highest BCUT2D eigenvalue weighted by molar-refractivity contribution is 5.86. The lowest BCUT2D eigenvalue weighted by atomic mass is 10.3. The predicted molar refractivity (Wildman–Crippen MR) is 57.9 cm³/mol. The molecule has 0 N–H and O–H groups in total. The Kier molecular flexibility index (Phi) is 2.14. The van der Waals surface area contributed by atoms with Crippen molar-refractivity contribution in [1.29, 1.82) is 0 Å². The molecule has 1 aliphatic rings. The first-order chi connectivity index (χ1) is 8.27. The normalized spacial score (nSPS) is 17.7. The van der Waals surface area contributed by atoms with Crippen LogP contribution in [0.1, 0.15) is 22.5 Å². The number of cyclic esters (lactones) is 1. The number of rotatable bonds is 1. The fourth-order valence-corrected chi connectivity index (χ4v) is 2.01. The largest absolute Gasteiger partial charge is 0.519 e. The number of ether oxygens (including phenoxy) is 1. The van der Waals surface area contributed by atoms with Crippen LogP contribution in [0.2, 0.25) is 0 Å². The number of hydrogen-bond donors (Lipinski definition) is 0. The number of aromatic nitrogens is 2. The van der Waals surface area contributed by atoms with E-state index in [2.05, 4.69) is 0 Å². The van der Waals surface area contributed by atoms with Gasteiger partial charge in [-0.1, -0.05) is 10.6 Å². The number of carbonyl (C=O) groups is 1. The Morgan fingerprint density at radius 3 is 2.53 bits per heavy atom. The van der Waals surface area contributed by atoms with Crippen LogP contribution in [0.25, 0.3) is 0 Å². The van der Waals surface area contributed by atoms with E-state index in [1.54, 1.807) is 6.07 Å². The average Bonchev–Trinajstić information content (AvgIpc) is 2.68. The molecule has 1 atom stereocenters. The summed E-state index contributed by atoms with van der Waals surface area (Å²) in [5, 5.41) is 0. The van der Waals surface area contributed by atoms with Gasteiger partial charge in [-0.15, -0.1) is 4.57 Å². The van der Waals surface area contributed by atoms with E-state index in [4.69, 9.17) is 4.74 Å². The molecule has 0 spiro atoms. The third kappa shape index (κ3) is 1.49. The van der Waals surface area contributed by atoms with Crippen molar-refractivity contribution < 1.29 is 18.7 Å². The number of aryl methyl sites for hydroxylation is 1. The fourth-order valence-electron chi connectivity index (χ4n) is 2.01. The molecule has 2 aromatic heterocycles. The maximum absolute atomic E-state index is 11.7. The minimum atomic E-state index is -0.417. The van der Waals surface area contributed by atoms with Gasteiger partial charge in [0.25, 0.3) is 5.69 Å². The molecule has 0 fully saturated rings. The molecule has 0 aromatic carbocycles. The van der Waals surface area contributed by atoms with Gasteiger partial charge in [-0.3, -0.25) is 0 Å². The molecular formula is C13H12N2O2+2. The summed E-state index contributed by atoms with van der Waals surface area (Å²) in [7, 11) is 0. The lowest BCUT2D eigenvalue weighted by molar-refractivity contribution is -0.972. The number of pyridine rings is 2. The molecule has 0 aliphatic carbocycles. The third-order valence-corrected chi connectivity index (χ3v) is 2.89. The number of carbonyl (C=O) groups excluding carboxylic acids is 1. The predicted octanol–water partition coefficient (Wildman–Crippen LogP) is 0.745. The van der Waals surface area contributed by atoms with Crippen molar-refractivity contribution >= 4 is 5.97 Å². The second-order valence-electron chi connectivity index (χ2n) is 3.97. The Morgan fingerprint density at radius 2 is 1.76 bits per heavy atom. The molecule has 4 heteroatoms. The molecule has 84 valence electrons. The standard InChI is InChI=1S/C13H12N2O2/c1-10-6-2-4-8-14(10)13-15-9-5-3-7-11(15)12(16)17-13/h2-9,13H,1H3/q+2. The second-order valence-corrected chi connectivity index (χ2v) is 3.97. The van der Waals surface area contributed by atoms with Crippen molar-refractivity contribution in [2.75, 3.05) is 0 Å². The smallest absolute Gasteiger partial charge is 0.337 e. The number of esters is 1. The first-order valence-corrected chi connectivity index (χ1v) is 5.45. The van der Waals surface area contributed by atoms with Gasteiger partial charge in [0.15, 0.2) is 18.1 Å².